The van der Waals surface area contributed by atoms with Gasteiger partial charge in [0.05, 0.1) is 5.92 Å². The molecular formula is C12H19N3O. The number of amides is 1. The lowest BCUT2D eigenvalue weighted by molar-refractivity contribution is -0.119. The number of nitrogens with zero attached hydrogens (tertiary/aromatic N) is 1. The molecule has 0 radical (unpaired) electrons. The van der Waals surface area contributed by atoms with E-state index >= 15 is 0 Å². The number of rotatable bonds is 5. The van der Waals surface area contributed by atoms with Crippen LogP contribution in [-0.2, 0) is 4.79 Å². The van der Waals surface area contributed by atoms with Gasteiger partial charge < -0.3 is 11.1 Å². The van der Waals surface area contributed by atoms with Crippen molar-refractivity contribution in [2.24, 2.45) is 11.7 Å². The first-order chi connectivity index (χ1) is 7.67. The van der Waals surface area contributed by atoms with Gasteiger partial charge in [-0.2, -0.15) is 0 Å². The van der Waals surface area contributed by atoms with E-state index in [4.69, 9.17) is 5.73 Å². The molecular weight excluding hydrogens is 202 g/mol. The summed E-state index contributed by atoms with van der Waals surface area (Å²) in [4.78, 5) is 15.9. The average Bonchev–Trinajstić information content (AvgIpc) is 2.29. The Morgan fingerprint density at radius 2 is 2.31 bits per heavy atom. The topological polar surface area (TPSA) is 68.0 Å². The molecule has 1 atom stereocenters. The van der Waals surface area contributed by atoms with E-state index < -0.39 is 0 Å². The van der Waals surface area contributed by atoms with E-state index in [-0.39, 0.29) is 11.8 Å². The van der Waals surface area contributed by atoms with Crippen molar-refractivity contribution in [2.45, 2.75) is 26.7 Å². The normalized spacial score (nSPS) is 12.2. The molecule has 0 fully saturated rings. The van der Waals surface area contributed by atoms with E-state index in [1.807, 2.05) is 19.9 Å². The van der Waals surface area contributed by atoms with Crippen molar-refractivity contribution in [3.63, 3.8) is 0 Å². The minimum absolute atomic E-state index is 0.0410. The zero-order valence-corrected chi connectivity index (χ0v) is 9.86. The van der Waals surface area contributed by atoms with Gasteiger partial charge >= 0.3 is 0 Å². The van der Waals surface area contributed by atoms with Crippen molar-refractivity contribution in [2.75, 3.05) is 11.9 Å². The first kappa shape index (κ1) is 12.6. The number of hydrogen-bond donors (Lipinski definition) is 2. The number of pyridine rings is 1. The molecule has 0 aliphatic carbocycles. The summed E-state index contributed by atoms with van der Waals surface area (Å²) in [5.41, 5.74) is 6.63. The van der Waals surface area contributed by atoms with Crippen molar-refractivity contribution >= 4 is 11.7 Å². The summed E-state index contributed by atoms with van der Waals surface area (Å²) in [6.07, 6.45) is 3.50. The highest BCUT2D eigenvalue weighted by Gasteiger charge is 2.15. The maximum absolute atomic E-state index is 11.8. The number of nitrogens with two attached hydrogens (primary N) is 1. The van der Waals surface area contributed by atoms with Crippen LogP contribution in [0.5, 0.6) is 0 Å². The van der Waals surface area contributed by atoms with E-state index in [0.717, 1.165) is 18.4 Å². The molecule has 4 heteroatoms. The summed E-state index contributed by atoms with van der Waals surface area (Å²) < 4.78 is 0. The van der Waals surface area contributed by atoms with Gasteiger partial charge in [-0.1, -0.05) is 19.4 Å². The molecule has 0 aliphatic heterocycles. The summed E-state index contributed by atoms with van der Waals surface area (Å²) >= 11 is 0. The highest BCUT2D eigenvalue weighted by molar-refractivity contribution is 5.91. The number of nitrogens with one attached hydrogen (secondary N) is 1. The third-order valence-electron chi connectivity index (χ3n) is 2.46. The van der Waals surface area contributed by atoms with Crippen LogP contribution < -0.4 is 11.1 Å². The molecule has 3 N–H and O–H groups in total. The van der Waals surface area contributed by atoms with E-state index in [1.54, 1.807) is 12.3 Å². The molecule has 0 bridgehead atoms. The van der Waals surface area contributed by atoms with Crippen LogP contribution in [0, 0.1) is 12.8 Å². The summed E-state index contributed by atoms with van der Waals surface area (Å²) in [5, 5.41) is 2.77. The second-order valence-electron chi connectivity index (χ2n) is 3.93. The van der Waals surface area contributed by atoms with Gasteiger partial charge in [0.25, 0.3) is 0 Å². The number of carbonyl (C=O) groups excluding carboxylic acids is 1. The Bertz CT molecular complexity index is 335. The molecule has 88 valence electrons. The number of carbonyl (C=O) groups is 1. The fourth-order valence-corrected chi connectivity index (χ4v) is 1.47. The number of hydrogen-bond acceptors (Lipinski definition) is 3. The van der Waals surface area contributed by atoms with Crippen LogP contribution in [0.2, 0.25) is 0 Å². The Morgan fingerprint density at radius 3 is 2.81 bits per heavy atom. The third-order valence-corrected chi connectivity index (χ3v) is 2.46. The molecule has 0 aromatic carbocycles. The summed E-state index contributed by atoms with van der Waals surface area (Å²) in [6.45, 7) is 4.38. The molecule has 1 aromatic heterocycles. The maximum atomic E-state index is 11.8. The predicted molar refractivity (Wildman–Crippen MR) is 65.1 cm³/mol. The van der Waals surface area contributed by atoms with Gasteiger partial charge in [0, 0.05) is 12.7 Å². The Morgan fingerprint density at radius 1 is 1.56 bits per heavy atom. The number of anilines is 1. The van der Waals surface area contributed by atoms with Crippen molar-refractivity contribution < 1.29 is 4.79 Å². The molecule has 0 aliphatic rings. The fraction of sp³-hybridized carbons (Fsp3) is 0.500. The van der Waals surface area contributed by atoms with Gasteiger partial charge in [-0.25, -0.2) is 4.98 Å². The van der Waals surface area contributed by atoms with Crippen LogP contribution >= 0.6 is 0 Å². The zero-order chi connectivity index (χ0) is 12.0. The first-order valence-corrected chi connectivity index (χ1v) is 5.61. The van der Waals surface area contributed by atoms with Crippen LogP contribution in [-0.4, -0.2) is 17.4 Å². The quantitative estimate of drug-likeness (QED) is 0.795. The van der Waals surface area contributed by atoms with E-state index in [2.05, 4.69) is 10.3 Å². The average molecular weight is 221 g/mol. The van der Waals surface area contributed by atoms with Crippen LogP contribution in [0.15, 0.2) is 18.3 Å². The van der Waals surface area contributed by atoms with E-state index in [1.165, 1.54) is 0 Å². The molecule has 1 heterocycles. The van der Waals surface area contributed by atoms with E-state index in [0.29, 0.717) is 12.4 Å². The molecule has 1 rings (SSSR count). The van der Waals surface area contributed by atoms with Crippen LogP contribution in [0.4, 0.5) is 5.82 Å². The molecule has 0 saturated carbocycles. The van der Waals surface area contributed by atoms with Gasteiger partial charge in [-0.05, 0) is 25.0 Å². The summed E-state index contributed by atoms with van der Waals surface area (Å²) in [5.74, 6) is 0.430. The highest BCUT2D eigenvalue weighted by atomic mass is 16.1. The van der Waals surface area contributed by atoms with Gasteiger partial charge in [0.15, 0.2) is 0 Å². The van der Waals surface area contributed by atoms with Crippen molar-refractivity contribution in [3.8, 4) is 0 Å². The van der Waals surface area contributed by atoms with Gasteiger partial charge in [0.1, 0.15) is 5.82 Å². The molecule has 1 unspecified atom stereocenters. The minimum Gasteiger partial charge on any atom is -0.330 e. The molecule has 0 saturated heterocycles. The molecule has 0 spiro atoms. The summed E-state index contributed by atoms with van der Waals surface area (Å²) in [7, 11) is 0. The van der Waals surface area contributed by atoms with Gasteiger partial charge in [-0.3, -0.25) is 4.79 Å². The fourth-order valence-electron chi connectivity index (χ4n) is 1.47. The number of aryl methyl sites for hydroxylation is 1. The molecule has 1 aromatic rings. The Hall–Kier alpha value is -1.42. The summed E-state index contributed by atoms with van der Waals surface area (Å²) in [6, 6.07) is 3.71. The zero-order valence-electron chi connectivity index (χ0n) is 9.86. The lowest BCUT2D eigenvalue weighted by atomic mass is 10.0. The lowest BCUT2D eigenvalue weighted by Gasteiger charge is -2.13. The SMILES string of the molecule is CCCC(CN)C(=O)Nc1ccc(C)cn1. The molecule has 4 nitrogen and oxygen atoms in total. The Kier molecular flexibility index (Phi) is 4.92. The second-order valence-corrected chi connectivity index (χ2v) is 3.93. The second kappa shape index (κ2) is 6.23. The Labute approximate surface area is 96.3 Å². The van der Waals surface area contributed by atoms with Crippen LogP contribution in [0.25, 0.3) is 0 Å². The first-order valence-electron chi connectivity index (χ1n) is 5.61. The predicted octanol–water partition coefficient (Wildman–Crippen LogP) is 1.70. The largest absolute Gasteiger partial charge is 0.330 e. The number of aromatic nitrogens is 1. The smallest absolute Gasteiger partial charge is 0.229 e. The maximum Gasteiger partial charge on any atom is 0.229 e. The minimum atomic E-state index is -0.117. The van der Waals surface area contributed by atoms with Gasteiger partial charge in [-0.15, -0.1) is 0 Å². The monoisotopic (exact) mass is 221 g/mol. The molecule has 1 amide bonds. The van der Waals surface area contributed by atoms with Crippen molar-refractivity contribution in [3.05, 3.63) is 23.9 Å². The van der Waals surface area contributed by atoms with Crippen molar-refractivity contribution in [1.82, 2.24) is 4.98 Å². The van der Waals surface area contributed by atoms with Crippen LogP contribution in [0.3, 0.4) is 0 Å². The third kappa shape index (κ3) is 3.62. The lowest BCUT2D eigenvalue weighted by Crippen LogP contribution is -2.29. The van der Waals surface area contributed by atoms with E-state index in [9.17, 15) is 4.79 Å². The standard InChI is InChI=1S/C12H19N3O/c1-3-4-10(7-13)12(16)15-11-6-5-9(2)8-14-11/h5-6,8,10H,3-4,7,13H2,1-2H3,(H,14,15,16). The Balaban J connectivity index is 2.59. The van der Waals surface area contributed by atoms with Crippen molar-refractivity contribution in [1.29, 1.82) is 0 Å². The molecule has 16 heavy (non-hydrogen) atoms. The highest BCUT2D eigenvalue weighted by Crippen LogP contribution is 2.09. The van der Waals surface area contributed by atoms with Crippen LogP contribution in [0.1, 0.15) is 25.3 Å². The van der Waals surface area contributed by atoms with Gasteiger partial charge in [0.2, 0.25) is 5.91 Å².